The van der Waals surface area contributed by atoms with Gasteiger partial charge in [0.2, 0.25) is 0 Å². The summed E-state index contributed by atoms with van der Waals surface area (Å²) in [5.74, 6) is -0.186. The van der Waals surface area contributed by atoms with Gasteiger partial charge in [-0.05, 0) is 38.5 Å². The van der Waals surface area contributed by atoms with E-state index in [1.54, 1.807) is 29.2 Å². The minimum Gasteiger partial charge on any atom is -0.319 e. The number of carbonyl (C=O) groups excluding carboxylic acids is 1. The number of aromatic nitrogens is 4. The average Bonchev–Trinajstić information content (AvgIpc) is 3.14. The largest absolute Gasteiger partial charge is 0.319 e. The lowest BCUT2D eigenvalue weighted by molar-refractivity contribution is 0.102. The van der Waals surface area contributed by atoms with Crippen molar-refractivity contribution in [3.63, 3.8) is 0 Å². The molecule has 2 aromatic heterocycles. The summed E-state index contributed by atoms with van der Waals surface area (Å²) >= 11 is 12.0. The number of nitrogens with one attached hydrogen (secondary N) is 1. The fourth-order valence-electron chi connectivity index (χ4n) is 2.87. The maximum atomic E-state index is 12.6. The van der Waals surface area contributed by atoms with Gasteiger partial charge in [0.25, 0.3) is 5.91 Å². The van der Waals surface area contributed by atoms with Gasteiger partial charge in [-0.25, -0.2) is 0 Å². The van der Waals surface area contributed by atoms with E-state index in [2.05, 4.69) is 15.5 Å². The Balaban J connectivity index is 1.73. The zero-order valence-electron chi connectivity index (χ0n) is 14.8. The standard InChI is InChI=1S/C18H19Cl2N5O/c1-4-25-12(3)17(11(2)23-25)18(26)22-14-8-21-24(10-14)9-13-5-6-15(19)16(20)7-13/h5-8,10H,4,9H2,1-3H3,(H,22,26). The van der Waals surface area contributed by atoms with Gasteiger partial charge < -0.3 is 5.32 Å². The SMILES string of the molecule is CCn1nc(C)c(C(=O)Nc2cnn(Cc3ccc(Cl)c(Cl)c3)c2)c1C. The van der Waals surface area contributed by atoms with Crippen molar-refractivity contribution >= 4 is 34.8 Å². The molecule has 8 heteroatoms. The monoisotopic (exact) mass is 391 g/mol. The molecule has 3 rings (SSSR count). The van der Waals surface area contributed by atoms with Crippen molar-refractivity contribution in [3.05, 3.63) is 63.2 Å². The summed E-state index contributed by atoms with van der Waals surface area (Å²) in [4.78, 5) is 12.6. The van der Waals surface area contributed by atoms with Gasteiger partial charge in [0.1, 0.15) is 0 Å². The third-order valence-corrected chi connectivity index (χ3v) is 4.87. The summed E-state index contributed by atoms with van der Waals surface area (Å²) in [7, 11) is 0. The van der Waals surface area contributed by atoms with Gasteiger partial charge in [-0.3, -0.25) is 14.2 Å². The molecule has 1 amide bonds. The Bertz CT molecular complexity index is 961. The molecule has 0 saturated carbocycles. The van der Waals surface area contributed by atoms with Gasteiger partial charge in [0.15, 0.2) is 0 Å². The summed E-state index contributed by atoms with van der Waals surface area (Å²) in [6, 6.07) is 5.44. The second-order valence-electron chi connectivity index (χ2n) is 5.99. The molecule has 0 radical (unpaired) electrons. The van der Waals surface area contributed by atoms with Crippen LogP contribution in [-0.2, 0) is 13.1 Å². The van der Waals surface area contributed by atoms with E-state index in [-0.39, 0.29) is 5.91 Å². The Morgan fingerprint density at radius 1 is 1.23 bits per heavy atom. The van der Waals surface area contributed by atoms with E-state index in [4.69, 9.17) is 23.2 Å². The third-order valence-electron chi connectivity index (χ3n) is 4.13. The average molecular weight is 392 g/mol. The highest BCUT2D eigenvalue weighted by atomic mass is 35.5. The Kier molecular flexibility index (Phi) is 5.34. The Morgan fingerprint density at radius 3 is 2.65 bits per heavy atom. The van der Waals surface area contributed by atoms with Crippen LogP contribution in [0.4, 0.5) is 5.69 Å². The van der Waals surface area contributed by atoms with Crippen LogP contribution < -0.4 is 5.32 Å². The van der Waals surface area contributed by atoms with Crippen molar-refractivity contribution in [2.45, 2.75) is 33.9 Å². The molecule has 2 heterocycles. The molecule has 0 aliphatic rings. The second kappa shape index (κ2) is 7.51. The first-order valence-electron chi connectivity index (χ1n) is 8.20. The first-order chi connectivity index (χ1) is 12.4. The summed E-state index contributed by atoms with van der Waals surface area (Å²) in [6.45, 7) is 6.97. The van der Waals surface area contributed by atoms with Crippen molar-refractivity contribution < 1.29 is 4.79 Å². The zero-order valence-corrected chi connectivity index (χ0v) is 16.3. The summed E-state index contributed by atoms with van der Waals surface area (Å²) in [6.07, 6.45) is 3.39. The van der Waals surface area contributed by atoms with Crippen LogP contribution in [0, 0.1) is 13.8 Å². The Morgan fingerprint density at radius 2 is 2.00 bits per heavy atom. The third kappa shape index (κ3) is 3.76. The van der Waals surface area contributed by atoms with Crippen LogP contribution >= 0.6 is 23.2 Å². The highest BCUT2D eigenvalue weighted by Crippen LogP contribution is 2.23. The van der Waals surface area contributed by atoms with E-state index in [0.717, 1.165) is 17.8 Å². The van der Waals surface area contributed by atoms with Crippen molar-refractivity contribution in [1.82, 2.24) is 19.6 Å². The highest BCUT2D eigenvalue weighted by molar-refractivity contribution is 6.42. The fraction of sp³-hybridized carbons (Fsp3) is 0.278. The van der Waals surface area contributed by atoms with Crippen molar-refractivity contribution in [3.8, 4) is 0 Å². The molecule has 3 aromatic rings. The lowest BCUT2D eigenvalue weighted by Gasteiger charge is -2.05. The Labute approximate surface area is 161 Å². The number of anilines is 1. The fourth-order valence-corrected chi connectivity index (χ4v) is 3.19. The van der Waals surface area contributed by atoms with Gasteiger partial charge in [-0.15, -0.1) is 0 Å². The number of amides is 1. The van der Waals surface area contributed by atoms with Crippen molar-refractivity contribution in [2.75, 3.05) is 5.32 Å². The normalized spacial score (nSPS) is 11.0. The van der Waals surface area contributed by atoms with E-state index in [0.29, 0.717) is 33.5 Å². The molecule has 0 atom stereocenters. The van der Waals surface area contributed by atoms with Crippen LogP contribution in [0.25, 0.3) is 0 Å². The molecule has 6 nitrogen and oxygen atoms in total. The molecule has 0 saturated heterocycles. The van der Waals surface area contributed by atoms with Crippen molar-refractivity contribution in [1.29, 1.82) is 0 Å². The van der Waals surface area contributed by atoms with E-state index in [9.17, 15) is 4.79 Å². The predicted octanol–water partition coefficient (Wildman–Crippen LogP) is 4.32. The molecule has 0 bridgehead atoms. The van der Waals surface area contributed by atoms with Gasteiger partial charge in [-0.1, -0.05) is 29.3 Å². The first kappa shape index (κ1) is 18.5. The molecular formula is C18H19Cl2N5O. The maximum Gasteiger partial charge on any atom is 0.259 e. The summed E-state index contributed by atoms with van der Waals surface area (Å²) in [5.41, 5.74) is 3.76. The molecule has 0 unspecified atom stereocenters. The molecule has 0 aliphatic carbocycles. The van der Waals surface area contributed by atoms with Crippen LogP contribution in [0.2, 0.25) is 10.0 Å². The van der Waals surface area contributed by atoms with Gasteiger partial charge in [-0.2, -0.15) is 10.2 Å². The van der Waals surface area contributed by atoms with E-state index < -0.39 is 0 Å². The molecule has 0 aliphatic heterocycles. The number of aryl methyl sites for hydroxylation is 2. The van der Waals surface area contributed by atoms with Crippen LogP contribution in [0.3, 0.4) is 0 Å². The topological polar surface area (TPSA) is 64.7 Å². The zero-order chi connectivity index (χ0) is 18.8. The molecule has 0 fully saturated rings. The lowest BCUT2D eigenvalue weighted by atomic mass is 10.2. The van der Waals surface area contributed by atoms with Crippen LogP contribution in [0.1, 0.15) is 34.2 Å². The summed E-state index contributed by atoms with van der Waals surface area (Å²) < 4.78 is 3.54. The highest BCUT2D eigenvalue weighted by Gasteiger charge is 2.18. The van der Waals surface area contributed by atoms with E-state index in [1.807, 2.05) is 31.5 Å². The predicted molar refractivity (Wildman–Crippen MR) is 103 cm³/mol. The summed E-state index contributed by atoms with van der Waals surface area (Å²) in [5, 5.41) is 12.6. The van der Waals surface area contributed by atoms with Gasteiger partial charge >= 0.3 is 0 Å². The molecule has 0 spiro atoms. The lowest BCUT2D eigenvalue weighted by Crippen LogP contribution is -2.14. The number of hydrogen-bond acceptors (Lipinski definition) is 3. The van der Waals surface area contributed by atoms with Gasteiger partial charge in [0.05, 0.1) is 39.7 Å². The van der Waals surface area contributed by atoms with Crippen LogP contribution in [0.5, 0.6) is 0 Å². The smallest absolute Gasteiger partial charge is 0.259 e. The number of benzene rings is 1. The number of rotatable bonds is 5. The molecule has 1 N–H and O–H groups in total. The molecular weight excluding hydrogens is 373 g/mol. The van der Waals surface area contributed by atoms with E-state index in [1.165, 1.54) is 0 Å². The molecule has 1 aromatic carbocycles. The second-order valence-corrected chi connectivity index (χ2v) is 6.81. The first-order valence-corrected chi connectivity index (χ1v) is 8.96. The van der Waals surface area contributed by atoms with Gasteiger partial charge in [0, 0.05) is 18.4 Å². The van der Waals surface area contributed by atoms with E-state index >= 15 is 0 Å². The minimum atomic E-state index is -0.186. The van der Waals surface area contributed by atoms with Crippen LogP contribution in [-0.4, -0.2) is 25.5 Å². The van der Waals surface area contributed by atoms with Crippen molar-refractivity contribution in [2.24, 2.45) is 0 Å². The number of hydrogen-bond donors (Lipinski definition) is 1. The number of carbonyl (C=O) groups is 1. The maximum absolute atomic E-state index is 12.6. The van der Waals surface area contributed by atoms with Crippen LogP contribution in [0.15, 0.2) is 30.6 Å². The quantitative estimate of drug-likeness (QED) is 0.703. The molecule has 26 heavy (non-hydrogen) atoms. The molecule has 136 valence electrons. The number of nitrogens with zero attached hydrogens (tertiary/aromatic N) is 4. The minimum absolute atomic E-state index is 0.186. The Hall–Kier alpha value is -2.31. The number of halogens is 2.